The summed E-state index contributed by atoms with van der Waals surface area (Å²) in [7, 11) is 0. The van der Waals surface area contributed by atoms with Gasteiger partial charge in [0.2, 0.25) is 0 Å². The lowest BCUT2D eigenvalue weighted by Gasteiger charge is -2.11. The average molecular weight is 378 g/mol. The lowest BCUT2D eigenvalue weighted by Crippen LogP contribution is -2.04. The van der Waals surface area contributed by atoms with Gasteiger partial charge in [0.25, 0.3) is 0 Å². The number of para-hydroxylation sites is 1. The van der Waals surface area contributed by atoms with Crippen LogP contribution in [0.3, 0.4) is 0 Å². The highest BCUT2D eigenvalue weighted by Crippen LogP contribution is 2.21. The Kier molecular flexibility index (Phi) is 6.70. The van der Waals surface area contributed by atoms with Crippen molar-refractivity contribution < 1.29 is 19.7 Å². The van der Waals surface area contributed by atoms with E-state index in [-0.39, 0.29) is 19.6 Å². The monoisotopic (exact) mass is 378 g/mol. The maximum absolute atomic E-state index is 10.8. The number of rotatable bonds is 9. The maximum Gasteiger partial charge on any atom is 0.303 e. The Morgan fingerprint density at radius 1 is 1.00 bits per heavy atom. The molecule has 0 aliphatic carbocycles. The number of carboxylic acids is 1. The summed E-state index contributed by atoms with van der Waals surface area (Å²) in [6.07, 6.45) is 2.79. The van der Waals surface area contributed by atoms with Gasteiger partial charge in [-0.05, 0) is 36.1 Å². The number of hydrogen-bond donors (Lipinski definition) is 2. The minimum Gasteiger partial charge on any atom is -0.487 e. The third-order valence-corrected chi connectivity index (χ3v) is 4.28. The van der Waals surface area contributed by atoms with E-state index in [9.17, 15) is 4.79 Å². The second-order valence-electron chi connectivity index (χ2n) is 6.33. The highest BCUT2D eigenvalue weighted by Gasteiger charge is 2.08. The van der Waals surface area contributed by atoms with Gasteiger partial charge in [-0.3, -0.25) is 4.79 Å². The number of aryl methyl sites for hydroxylation is 1. The van der Waals surface area contributed by atoms with E-state index in [1.807, 2.05) is 48.5 Å². The smallest absolute Gasteiger partial charge is 0.303 e. The molecule has 0 saturated carbocycles. The van der Waals surface area contributed by atoms with Gasteiger partial charge in [-0.15, -0.1) is 0 Å². The molecular weight excluding hydrogens is 356 g/mol. The summed E-state index contributed by atoms with van der Waals surface area (Å²) in [5.41, 5.74) is 3.55. The van der Waals surface area contributed by atoms with Gasteiger partial charge in [-0.2, -0.15) is 0 Å². The van der Waals surface area contributed by atoms with Crippen LogP contribution in [0.1, 0.15) is 23.2 Å². The first-order valence-electron chi connectivity index (χ1n) is 9.10. The van der Waals surface area contributed by atoms with E-state index >= 15 is 0 Å². The second kappa shape index (κ2) is 9.62. The maximum atomic E-state index is 10.8. The van der Waals surface area contributed by atoms with E-state index in [1.165, 1.54) is 0 Å². The van der Waals surface area contributed by atoms with Gasteiger partial charge in [0.05, 0.1) is 5.69 Å². The van der Waals surface area contributed by atoms with Crippen molar-refractivity contribution in [2.24, 2.45) is 0 Å². The van der Waals surface area contributed by atoms with Gasteiger partial charge in [0, 0.05) is 24.8 Å². The summed E-state index contributed by atoms with van der Waals surface area (Å²) in [4.78, 5) is 19.7. The second-order valence-corrected chi connectivity index (χ2v) is 6.33. The molecule has 0 amide bonds. The standard InChI is InChI=1S/C22H22N2O4/c25-14-12-16-5-7-18(8-6-16)22-23-13-11-19(24-22)15-28-20-4-2-1-3-17(20)9-10-21(26)27/h1-8,11,13,25H,9-10,12,14-15H2,(H,26,27). The average Bonchev–Trinajstić information content (AvgIpc) is 2.72. The third-order valence-electron chi connectivity index (χ3n) is 4.28. The Balaban J connectivity index is 1.69. The van der Waals surface area contributed by atoms with Crippen molar-refractivity contribution in [1.82, 2.24) is 9.97 Å². The number of carbonyl (C=O) groups is 1. The van der Waals surface area contributed by atoms with Gasteiger partial charge in [-0.1, -0.05) is 42.5 Å². The Hall–Kier alpha value is -3.25. The number of carboxylic acid groups (broad SMARTS) is 1. The molecule has 3 rings (SSSR count). The minimum atomic E-state index is -0.833. The summed E-state index contributed by atoms with van der Waals surface area (Å²) >= 11 is 0. The fraction of sp³-hybridized carbons (Fsp3) is 0.227. The summed E-state index contributed by atoms with van der Waals surface area (Å²) in [6.45, 7) is 0.388. The van der Waals surface area contributed by atoms with Crippen LogP contribution < -0.4 is 4.74 Å². The summed E-state index contributed by atoms with van der Waals surface area (Å²) < 4.78 is 5.89. The van der Waals surface area contributed by atoms with E-state index in [0.717, 1.165) is 22.4 Å². The number of nitrogens with zero attached hydrogens (tertiary/aromatic N) is 2. The number of aromatic nitrogens is 2. The zero-order chi connectivity index (χ0) is 19.8. The molecule has 0 aliphatic heterocycles. The van der Waals surface area contributed by atoms with Gasteiger partial charge >= 0.3 is 5.97 Å². The molecule has 2 N–H and O–H groups in total. The third kappa shape index (κ3) is 5.37. The molecule has 2 aromatic carbocycles. The van der Waals surface area contributed by atoms with Crippen molar-refractivity contribution in [3.8, 4) is 17.1 Å². The molecule has 0 bridgehead atoms. The zero-order valence-electron chi connectivity index (χ0n) is 15.4. The highest BCUT2D eigenvalue weighted by molar-refractivity contribution is 5.67. The molecule has 0 atom stereocenters. The lowest BCUT2D eigenvalue weighted by atomic mass is 10.1. The van der Waals surface area contributed by atoms with E-state index in [1.54, 1.807) is 12.3 Å². The number of ether oxygens (including phenoxy) is 1. The van der Waals surface area contributed by atoms with E-state index < -0.39 is 5.97 Å². The molecule has 0 radical (unpaired) electrons. The Morgan fingerprint density at radius 2 is 1.79 bits per heavy atom. The Labute approximate surface area is 163 Å². The van der Waals surface area contributed by atoms with Crippen LogP contribution in [0.25, 0.3) is 11.4 Å². The van der Waals surface area contributed by atoms with Crippen LogP contribution >= 0.6 is 0 Å². The fourth-order valence-electron chi connectivity index (χ4n) is 2.81. The first-order chi connectivity index (χ1) is 13.7. The Morgan fingerprint density at radius 3 is 2.54 bits per heavy atom. The molecule has 28 heavy (non-hydrogen) atoms. The quantitative estimate of drug-likeness (QED) is 0.594. The molecule has 0 fully saturated rings. The van der Waals surface area contributed by atoms with Crippen LogP contribution in [0, 0.1) is 0 Å². The van der Waals surface area contributed by atoms with Gasteiger partial charge < -0.3 is 14.9 Å². The summed E-state index contributed by atoms with van der Waals surface area (Å²) in [6, 6.07) is 17.0. The van der Waals surface area contributed by atoms with E-state index in [4.69, 9.17) is 14.9 Å². The minimum absolute atomic E-state index is 0.0598. The number of hydrogen-bond acceptors (Lipinski definition) is 5. The van der Waals surface area contributed by atoms with Crippen molar-refractivity contribution in [2.45, 2.75) is 25.9 Å². The molecular formula is C22H22N2O4. The van der Waals surface area contributed by atoms with Crippen LogP contribution in [-0.4, -0.2) is 32.8 Å². The molecule has 0 spiro atoms. The molecule has 1 aromatic heterocycles. The molecule has 0 saturated heterocycles. The van der Waals surface area contributed by atoms with Crippen molar-refractivity contribution in [2.75, 3.05) is 6.61 Å². The first-order valence-corrected chi connectivity index (χ1v) is 9.10. The van der Waals surface area contributed by atoms with Crippen molar-refractivity contribution in [1.29, 1.82) is 0 Å². The highest BCUT2D eigenvalue weighted by atomic mass is 16.5. The molecule has 6 heteroatoms. The zero-order valence-corrected chi connectivity index (χ0v) is 15.4. The SMILES string of the molecule is O=C(O)CCc1ccccc1OCc1ccnc(-c2ccc(CCO)cc2)n1. The number of aliphatic carboxylic acids is 1. The number of aliphatic hydroxyl groups excluding tert-OH is 1. The van der Waals surface area contributed by atoms with Crippen molar-refractivity contribution >= 4 is 5.97 Å². The molecule has 3 aromatic rings. The summed E-state index contributed by atoms with van der Waals surface area (Å²) in [5.74, 6) is 0.438. The van der Waals surface area contributed by atoms with Gasteiger partial charge in [-0.25, -0.2) is 9.97 Å². The molecule has 144 valence electrons. The molecule has 6 nitrogen and oxygen atoms in total. The first kappa shape index (κ1) is 19.5. The predicted molar refractivity (Wildman–Crippen MR) is 105 cm³/mol. The molecule has 1 heterocycles. The topological polar surface area (TPSA) is 92.5 Å². The van der Waals surface area contributed by atoms with Crippen LogP contribution in [0.15, 0.2) is 60.8 Å². The normalized spacial score (nSPS) is 10.6. The van der Waals surface area contributed by atoms with Crippen molar-refractivity contribution in [3.63, 3.8) is 0 Å². The van der Waals surface area contributed by atoms with Crippen LogP contribution in [0.4, 0.5) is 0 Å². The van der Waals surface area contributed by atoms with Gasteiger partial charge in [0.1, 0.15) is 12.4 Å². The fourth-order valence-corrected chi connectivity index (χ4v) is 2.81. The van der Waals surface area contributed by atoms with Crippen molar-refractivity contribution in [3.05, 3.63) is 77.6 Å². The van der Waals surface area contributed by atoms with Crippen LogP contribution in [0.5, 0.6) is 5.75 Å². The van der Waals surface area contributed by atoms with Crippen LogP contribution in [0.2, 0.25) is 0 Å². The summed E-state index contributed by atoms with van der Waals surface area (Å²) in [5, 5.41) is 17.9. The molecule has 0 unspecified atom stereocenters. The number of benzene rings is 2. The van der Waals surface area contributed by atoms with E-state index in [0.29, 0.717) is 24.4 Å². The van der Waals surface area contributed by atoms with Gasteiger partial charge in [0.15, 0.2) is 5.82 Å². The van der Waals surface area contributed by atoms with E-state index in [2.05, 4.69) is 9.97 Å². The molecule has 0 aliphatic rings. The van der Waals surface area contributed by atoms with Crippen LogP contribution in [-0.2, 0) is 24.2 Å². The Bertz CT molecular complexity index is 926. The largest absolute Gasteiger partial charge is 0.487 e. The number of aliphatic hydroxyl groups is 1. The predicted octanol–water partition coefficient (Wildman–Crippen LogP) is 3.27. The lowest BCUT2D eigenvalue weighted by molar-refractivity contribution is -0.136.